The van der Waals surface area contributed by atoms with Gasteiger partial charge >= 0.3 is 12.0 Å². The third-order valence-corrected chi connectivity index (χ3v) is 13.1. The van der Waals surface area contributed by atoms with Gasteiger partial charge in [0.05, 0.1) is 120 Å². The molecule has 3 aromatic heterocycles. The summed E-state index contributed by atoms with van der Waals surface area (Å²) in [4.78, 5) is 95.6. The molecule has 8 rings (SSSR count). The van der Waals surface area contributed by atoms with Crippen LogP contribution in [0.4, 0.5) is 33.6 Å². The van der Waals surface area contributed by atoms with E-state index in [1.165, 1.54) is 0 Å². The number of carbonyl (C=O) groups excluding carboxylic acids is 5. The Balaban J connectivity index is 0.595. The highest BCUT2D eigenvalue weighted by Crippen LogP contribution is 2.43. The lowest BCUT2D eigenvalue weighted by atomic mass is 10.0. The molecule has 2 aliphatic rings. The predicted octanol–water partition coefficient (Wildman–Crippen LogP) is 1.78. The van der Waals surface area contributed by atoms with E-state index in [1.807, 2.05) is 11.9 Å². The molecule has 0 bridgehead atoms. The number of ketones is 1. The first kappa shape index (κ1) is 61.1. The van der Waals surface area contributed by atoms with Gasteiger partial charge in [0.15, 0.2) is 29.4 Å². The fraction of sp³-hybridized carbons (Fsp3) is 0.400. The van der Waals surface area contributed by atoms with Gasteiger partial charge < -0.3 is 75.5 Å². The van der Waals surface area contributed by atoms with Crippen molar-refractivity contribution in [1.82, 2.24) is 51.2 Å². The molecule has 1 saturated heterocycles. The number of urea groups is 1. The number of amides is 5. The quantitative estimate of drug-likeness (QED) is 0.0210. The van der Waals surface area contributed by atoms with Crippen LogP contribution < -0.4 is 47.4 Å². The van der Waals surface area contributed by atoms with E-state index in [-0.39, 0.29) is 87.4 Å². The van der Waals surface area contributed by atoms with E-state index in [4.69, 9.17) is 44.6 Å². The number of carboxylic acid groups (broad SMARTS) is 1. The molecule has 0 saturated carbocycles. The van der Waals surface area contributed by atoms with Crippen molar-refractivity contribution in [2.45, 2.75) is 25.4 Å². The number of hydrogen-bond donors (Lipinski definition) is 8. The van der Waals surface area contributed by atoms with Crippen LogP contribution in [0, 0.1) is 0 Å². The Morgan fingerprint density at radius 2 is 1.43 bits per heavy atom. The number of hydrazine groups is 1. The van der Waals surface area contributed by atoms with Crippen LogP contribution in [0.3, 0.4) is 0 Å². The van der Waals surface area contributed by atoms with Gasteiger partial charge in [-0.1, -0.05) is 12.1 Å². The molecule has 5 amide bonds. The van der Waals surface area contributed by atoms with Crippen molar-refractivity contribution in [1.29, 1.82) is 0 Å². The topological polar surface area (TPSA) is 377 Å². The number of fused-ring (bicyclic) bond motifs is 4. The zero-order chi connectivity index (χ0) is 59.2. The second-order valence-electron chi connectivity index (χ2n) is 18.9. The zero-order valence-electron chi connectivity index (χ0n) is 46.2. The van der Waals surface area contributed by atoms with E-state index < -0.39 is 18.0 Å². The molecule has 1 aliphatic heterocycles. The summed E-state index contributed by atoms with van der Waals surface area (Å²) in [7, 11) is 1.82. The van der Waals surface area contributed by atoms with Gasteiger partial charge in [-0.2, -0.15) is 15.1 Å². The minimum absolute atomic E-state index is 0.00214. The Labute approximate surface area is 482 Å². The average Bonchev–Trinajstić information content (AvgIpc) is 1.98. The highest BCUT2D eigenvalue weighted by molar-refractivity contribution is 6.27. The number of H-pyrrole nitrogens is 1. The first-order valence-corrected chi connectivity index (χ1v) is 27.0. The van der Waals surface area contributed by atoms with Gasteiger partial charge in [-0.25, -0.2) is 24.6 Å². The first-order chi connectivity index (χ1) is 40.9. The number of nitrogens with zero attached hydrogens (tertiary/aromatic N) is 8. The number of aromatic nitrogens is 6. The molecule has 0 unspecified atom stereocenters. The summed E-state index contributed by atoms with van der Waals surface area (Å²) < 4.78 is 38.6. The number of carbonyl (C=O) groups is 6. The summed E-state index contributed by atoms with van der Waals surface area (Å²) >= 11 is 0. The number of ether oxygens (including phenoxy) is 7. The normalized spacial score (nSPS) is 13.2. The van der Waals surface area contributed by atoms with Gasteiger partial charge in [-0.05, 0) is 61.0 Å². The van der Waals surface area contributed by atoms with Gasteiger partial charge in [-0.15, -0.1) is 0 Å². The molecule has 29 nitrogen and oxygen atoms in total. The van der Waals surface area contributed by atoms with Crippen molar-refractivity contribution < 1.29 is 67.0 Å². The molecule has 0 spiro atoms. The lowest BCUT2D eigenvalue weighted by molar-refractivity contribution is -0.139. The van der Waals surface area contributed by atoms with Crippen LogP contribution in [0.1, 0.15) is 34.5 Å². The number of nitrogens with one attached hydrogen (secondary N) is 5. The fourth-order valence-electron chi connectivity index (χ4n) is 8.91. The van der Waals surface area contributed by atoms with Crippen LogP contribution in [0.25, 0.3) is 33.7 Å². The zero-order valence-corrected chi connectivity index (χ0v) is 46.2. The number of anilines is 5. The van der Waals surface area contributed by atoms with Crippen molar-refractivity contribution in [3.05, 3.63) is 89.7 Å². The van der Waals surface area contributed by atoms with Crippen LogP contribution in [0.2, 0.25) is 0 Å². The number of hydrogen-bond acceptors (Lipinski definition) is 22. The van der Waals surface area contributed by atoms with E-state index in [0.29, 0.717) is 147 Å². The molecule has 1 aliphatic carbocycles. The third-order valence-electron chi connectivity index (χ3n) is 13.1. The number of nitrogen functional groups attached to an aromatic ring is 2. The van der Waals surface area contributed by atoms with Gasteiger partial charge in [0, 0.05) is 62.1 Å². The standard InChI is InChI=1S/C55H67N15O14/c1-68(32-36-31-60-52-49(61-36)51(56)63-54(57)64-52)37-7-9-38(10-8-37)70(34-71)42(53(75)76)13-14-43(72)58-15-19-78-23-25-81-27-29-83-30-28-82-26-24-79-20-16-59-44(73)33-84-39-11-5-35(6-12-39)47-46-48(66-65-47)40-3-2-4-41(45(40)50(46)74)62-55(77)67-69-17-21-80-22-18-69/h2-12,31,34,42H,13-30,32-33H2,1H3,(H,58,72)(H,59,73)(H,65,66)(H,75,76)(H2,62,67,77)(H4,56,57,60,63,64)/t42-/m0/s1. The molecule has 1 atom stereocenters. The van der Waals surface area contributed by atoms with Gasteiger partial charge in [-0.3, -0.25) is 29.7 Å². The van der Waals surface area contributed by atoms with Crippen LogP contribution in [0.15, 0.2) is 72.9 Å². The monoisotopic (exact) mass is 1160 g/mol. The van der Waals surface area contributed by atoms with Gasteiger partial charge in [0.1, 0.15) is 17.5 Å². The largest absolute Gasteiger partial charge is 0.484 e. The van der Waals surface area contributed by atoms with Crippen LogP contribution in [0.5, 0.6) is 5.75 Å². The second kappa shape index (κ2) is 30.9. The van der Waals surface area contributed by atoms with Crippen LogP contribution in [-0.2, 0) is 54.1 Å². The summed E-state index contributed by atoms with van der Waals surface area (Å²) in [5.74, 6) is -1.67. The van der Waals surface area contributed by atoms with Crippen molar-refractivity contribution in [3.8, 4) is 28.3 Å². The average molecular weight is 1160 g/mol. The SMILES string of the molecule is CN(Cc1cnc2nc(N)nc(N)c2n1)c1ccc(N(C=O)[C@@H](CCC(=O)NCCOCCOCCOCCOCCOCCNC(=O)COc2ccc(-c3n[nH]c4c3C(=O)c3c(NC(=O)NN5CCOCC5)cccc3-4)cc2)C(=O)O)cc1. The Bertz CT molecular complexity index is 3200. The number of carboxylic acids is 1. The maximum absolute atomic E-state index is 13.8. The fourth-order valence-corrected chi connectivity index (χ4v) is 8.91. The number of morpholine rings is 1. The Morgan fingerprint density at radius 1 is 0.798 bits per heavy atom. The first-order valence-electron chi connectivity index (χ1n) is 27.0. The van der Waals surface area contributed by atoms with Gasteiger partial charge in [0.2, 0.25) is 18.3 Å². The molecule has 29 heteroatoms. The highest BCUT2D eigenvalue weighted by atomic mass is 16.6. The smallest absolute Gasteiger partial charge is 0.333 e. The molecular weight excluding hydrogens is 1090 g/mol. The molecule has 10 N–H and O–H groups in total. The van der Waals surface area contributed by atoms with Crippen LogP contribution >= 0.6 is 0 Å². The summed E-state index contributed by atoms with van der Waals surface area (Å²) in [6, 6.07) is 17.1. The molecule has 446 valence electrons. The maximum Gasteiger partial charge on any atom is 0.333 e. The van der Waals surface area contributed by atoms with E-state index in [9.17, 15) is 33.9 Å². The molecule has 1 fully saturated rings. The summed E-state index contributed by atoms with van der Waals surface area (Å²) in [6.07, 6.45) is 1.73. The van der Waals surface area contributed by atoms with Crippen molar-refractivity contribution in [2.24, 2.45) is 0 Å². The van der Waals surface area contributed by atoms with Crippen molar-refractivity contribution in [3.63, 3.8) is 0 Å². The lowest BCUT2D eigenvalue weighted by Crippen LogP contribution is -2.49. The lowest BCUT2D eigenvalue weighted by Gasteiger charge is -2.27. The summed E-state index contributed by atoms with van der Waals surface area (Å²) in [5, 5.41) is 27.4. The number of aliphatic carboxylic acids is 1. The van der Waals surface area contributed by atoms with Gasteiger partial charge in [0.25, 0.3) is 5.91 Å². The van der Waals surface area contributed by atoms with E-state index in [1.54, 1.807) is 77.9 Å². The highest BCUT2D eigenvalue weighted by Gasteiger charge is 2.35. The molecule has 84 heavy (non-hydrogen) atoms. The number of nitrogens with two attached hydrogens (primary N) is 2. The number of aromatic amines is 1. The Hall–Kier alpha value is -8.97. The van der Waals surface area contributed by atoms with E-state index >= 15 is 0 Å². The summed E-state index contributed by atoms with van der Waals surface area (Å²) in [5.41, 5.74) is 20.2. The molecule has 0 radical (unpaired) electrons. The minimum atomic E-state index is -1.29. The number of benzene rings is 3. The van der Waals surface area contributed by atoms with E-state index in [0.717, 1.165) is 10.6 Å². The van der Waals surface area contributed by atoms with Crippen LogP contribution in [-0.4, -0.2) is 201 Å². The minimum Gasteiger partial charge on any atom is -0.484 e. The van der Waals surface area contributed by atoms with Crippen molar-refractivity contribution in [2.75, 3.05) is 146 Å². The second-order valence-corrected chi connectivity index (χ2v) is 18.9. The van der Waals surface area contributed by atoms with E-state index in [2.05, 4.69) is 51.5 Å². The maximum atomic E-state index is 13.8. The van der Waals surface area contributed by atoms with Crippen molar-refractivity contribution >= 4 is 76.0 Å². The molecule has 6 aromatic rings. The molecule has 3 aromatic carbocycles. The summed E-state index contributed by atoms with van der Waals surface area (Å²) in [6.45, 7) is 5.91. The third kappa shape index (κ3) is 17.1. The predicted molar refractivity (Wildman–Crippen MR) is 305 cm³/mol. The Morgan fingerprint density at radius 3 is 2.07 bits per heavy atom. The number of rotatable bonds is 34. The molecule has 4 heterocycles. The Kier molecular flexibility index (Phi) is 22.5. The molecular formula is C55H67N15O14.